The average molecular weight is 515 g/mol. The van der Waals surface area contributed by atoms with Crippen LogP contribution >= 0.6 is 0 Å². The van der Waals surface area contributed by atoms with Crippen molar-refractivity contribution < 1.29 is 33.0 Å². The van der Waals surface area contributed by atoms with Crippen molar-refractivity contribution in [2.75, 3.05) is 33.4 Å². The fourth-order valence-electron chi connectivity index (χ4n) is 4.73. The summed E-state index contributed by atoms with van der Waals surface area (Å²) in [5.74, 6) is -2.05. The van der Waals surface area contributed by atoms with Gasteiger partial charge in [-0.3, -0.25) is 9.59 Å². The number of ketones is 1. The largest absolute Gasteiger partial charge is 0.508 e. The van der Waals surface area contributed by atoms with Gasteiger partial charge in [-0.25, -0.2) is 8.42 Å². The van der Waals surface area contributed by atoms with E-state index >= 15 is 0 Å². The molecule has 2 saturated heterocycles. The molecule has 2 aromatic carbocycles. The minimum absolute atomic E-state index is 0.0396. The minimum atomic E-state index is -3.66. The zero-order chi connectivity index (χ0) is 25.9. The average Bonchev–Trinajstić information content (AvgIpc) is 3.14. The highest BCUT2D eigenvalue weighted by Gasteiger charge is 2.46. The predicted octanol–water partition coefficient (Wildman–Crippen LogP) is 3.03. The van der Waals surface area contributed by atoms with Crippen LogP contribution in [0.2, 0.25) is 0 Å². The highest BCUT2D eigenvalue weighted by atomic mass is 32.2. The Balaban J connectivity index is 1.72. The predicted molar refractivity (Wildman–Crippen MR) is 133 cm³/mol. The summed E-state index contributed by atoms with van der Waals surface area (Å²) in [7, 11) is -2.12. The normalized spacial score (nSPS) is 20.7. The Labute approximate surface area is 210 Å². The molecule has 2 aliphatic rings. The first kappa shape index (κ1) is 25.9. The van der Waals surface area contributed by atoms with Crippen molar-refractivity contribution in [3.63, 3.8) is 0 Å². The van der Waals surface area contributed by atoms with Gasteiger partial charge in [0.25, 0.3) is 11.7 Å². The smallest absolute Gasteiger partial charge is 0.295 e. The van der Waals surface area contributed by atoms with Crippen molar-refractivity contribution >= 4 is 27.5 Å². The fourth-order valence-corrected chi connectivity index (χ4v) is 6.24. The minimum Gasteiger partial charge on any atom is -0.508 e. The van der Waals surface area contributed by atoms with Gasteiger partial charge >= 0.3 is 0 Å². The van der Waals surface area contributed by atoms with Crippen LogP contribution in [-0.4, -0.2) is 72.9 Å². The van der Waals surface area contributed by atoms with Crippen molar-refractivity contribution in [1.82, 2.24) is 9.21 Å². The number of ether oxygens (including phenoxy) is 1. The van der Waals surface area contributed by atoms with E-state index in [1.807, 2.05) is 0 Å². The second kappa shape index (κ2) is 10.8. The number of amides is 1. The summed E-state index contributed by atoms with van der Waals surface area (Å²) in [6.07, 6.45) is 3.11. The maximum atomic E-state index is 13.1. The standard InChI is InChI=1S/C26H30N2O7S/c1-35-16-6-15-28-23(19-7-5-8-20(29)17-19)22(25(31)26(28)32)24(30)18-9-11-21(12-10-18)36(33,34)27-13-3-2-4-14-27/h5,7-12,17,23,29-30H,2-4,6,13-16H2,1H3/t23-/m0/s1. The van der Waals surface area contributed by atoms with E-state index in [-0.39, 0.29) is 28.3 Å². The Morgan fingerprint density at radius 2 is 1.75 bits per heavy atom. The molecule has 2 N–H and O–H groups in total. The zero-order valence-electron chi connectivity index (χ0n) is 20.1. The number of aliphatic hydroxyl groups is 1. The summed E-state index contributed by atoms with van der Waals surface area (Å²) < 4.78 is 32.5. The number of rotatable bonds is 8. The number of carbonyl (C=O) groups is 2. The van der Waals surface area contributed by atoms with E-state index in [2.05, 4.69) is 0 Å². The van der Waals surface area contributed by atoms with Crippen LogP contribution in [0.25, 0.3) is 5.76 Å². The Hall–Kier alpha value is -3.21. The molecule has 0 aliphatic carbocycles. The summed E-state index contributed by atoms with van der Waals surface area (Å²) in [4.78, 5) is 27.4. The van der Waals surface area contributed by atoms with Gasteiger partial charge < -0.3 is 19.8 Å². The first-order valence-electron chi connectivity index (χ1n) is 11.9. The molecule has 2 heterocycles. The summed E-state index contributed by atoms with van der Waals surface area (Å²) in [6.45, 7) is 1.53. The van der Waals surface area contributed by atoms with Crippen LogP contribution in [0, 0.1) is 0 Å². The van der Waals surface area contributed by atoms with Crippen LogP contribution in [0.3, 0.4) is 0 Å². The third kappa shape index (κ3) is 5.02. The fraction of sp³-hybridized carbons (Fsp3) is 0.385. The van der Waals surface area contributed by atoms with Crippen molar-refractivity contribution in [2.45, 2.75) is 36.6 Å². The number of phenols is 1. The first-order valence-corrected chi connectivity index (χ1v) is 13.4. The molecule has 10 heteroatoms. The van der Waals surface area contributed by atoms with Gasteiger partial charge in [-0.2, -0.15) is 4.31 Å². The maximum Gasteiger partial charge on any atom is 0.295 e. The van der Waals surface area contributed by atoms with Gasteiger partial charge in [-0.1, -0.05) is 18.6 Å². The lowest BCUT2D eigenvalue weighted by Gasteiger charge is -2.26. The van der Waals surface area contributed by atoms with Crippen LogP contribution in [0.1, 0.15) is 42.9 Å². The molecular weight excluding hydrogens is 484 g/mol. The number of benzene rings is 2. The van der Waals surface area contributed by atoms with Crippen molar-refractivity contribution in [3.8, 4) is 5.75 Å². The number of carbonyl (C=O) groups excluding carboxylic acids is 2. The molecule has 0 radical (unpaired) electrons. The molecular formula is C26H30N2O7S. The lowest BCUT2D eigenvalue weighted by Crippen LogP contribution is -2.35. The van der Waals surface area contributed by atoms with Gasteiger partial charge in [0.1, 0.15) is 11.5 Å². The Kier molecular flexibility index (Phi) is 7.77. The molecule has 9 nitrogen and oxygen atoms in total. The number of hydrogen-bond donors (Lipinski definition) is 2. The number of Topliss-reactive ketones (excluding diaryl/α,β-unsaturated/α-hetero) is 1. The number of aromatic hydroxyl groups is 1. The molecule has 2 aliphatic heterocycles. The van der Waals surface area contributed by atoms with Gasteiger partial charge in [-0.05, 0) is 61.2 Å². The number of sulfonamides is 1. The first-order chi connectivity index (χ1) is 17.3. The molecule has 0 unspecified atom stereocenters. The van der Waals surface area contributed by atoms with Crippen molar-refractivity contribution in [1.29, 1.82) is 0 Å². The van der Waals surface area contributed by atoms with E-state index in [0.717, 1.165) is 19.3 Å². The molecule has 4 rings (SSSR count). The van der Waals surface area contributed by atoms with Gasteiger partial charge in [0, 0.05) is 38.9 Å². The Morgan fingerprint density at radius 1 is 1.06 bits per heavy atom. The Bertz CT molecular complexity index is 1270. The third-order valence-electron chi connectivity index (χ3n) is 6.55. The second-order valence-corrected chi connectivity index (χ2v) is 10.9. The molecule has 2 aromatic rings. The van der Waals surface area contributed by atoms with Crippen LogP contribution in [0.15, 0.2) is 59.0 Å². The maximum absolute atomic E-state index is 13.1. The topological polar surface area (TPSA) is 124 Å². The molecule has 1 amide bonds. The van der Waals surface area contributed by atoms with E-state index < -0.39 is 33.5 Å². The summed E-state index contributed by atoms with van der Waals surface area (Å²) in [5.41, 5.74) is 0.569. The summed E-state index contributed by atoms with van der Waals surface area (Å²) in [6, 6.07) is 10.9. The van der Waals surface area contributed by atoms with E-state index in [0.29, 0.717) is 31.7 Å². The lowest BCUT2D eigenvalue weighted by molar-refractivity contribution is -0.140. The van der Waals surface area contributed by atoms with Crippen LogP contribution in [0.5, 0.6) is 5.75 Å². The highest BCUT2D eigenvalue weighted by molar-refractivity contribution is 7.89. The zero-order valence-corrected chi connectivity index (χ0v) is 20.9. The van der Waals surface area contributed by atoms with E-state index in [4.69, 9.17) is 4.74 Å². The molecule has 1 atom stereocenters. The van der Waals surface area contributed by atoms with Crippen LogP contribution < -0.4 is 0 Å². The number of phenolic OH excluding ortho intramolecular Hbond substituents is 1. The van der Waals surface area contributed by atoms with Gasteiger partial charge in [-0.15, -0.1) is 0 Å². The highest BCUT2D eigenvalue weighted by Crippen LogP contribution is 2.40. The number of aliphatic hydroxyl groups excluding tert-OH is 1. The molecule has 2 fully saturated rings. The summed E-state index contributed by atoms with van der Waals surface area (Å²) in [5, 5.41) is 21.2. The van der Waals surface area contributed by atoms with E-state index in [1.54, 1.807) is 12.1 Å². The summed E-state index contributed by atoms with van der Waals surface area (Å²) >= 11 is 0. The van der Waals surface area contributed by atoms with Gasteiger partial charge in [0.05, 0.1) is 16.5 Å². The number of likely N-dealkylation sites (tertiary alicyclic amines) is 1. The number of piperidine rings is 1. The van der Waals surface area contributed by atoms with E-state index in [9.17, 15) is 28.2 Å². The van der Waals surface area contributed by atoms with Gasteiger partial charge in [0.15, 0.2) is 0 Å². The SMILES string of the molecule is COCCCN1C(=O)C(=O)C(=C(O)c2ccc(S(=O)(=O)N3CCCCC3)cc2)[C@@H]1c1cccc(O)c1. The van der Waals surface area contributed by atoms with Crippen LogP contribution in [0.4, 0.5) is 0 Å². The van der Waals surface area contributed by atoms with E-state index in [1.165, 1.54) is 52.7 Å². The molecule has 0 aromatic heterocycles. The number of nitrogens with zero attached hydrogens (tertiary/aromatic N) is 2. The molecule has 192 valence electrons. The Morgan fingerprint density at radius 3 is 2.39 bits per heavy atom. The lowest BCUT2D eigenvalue weighted by atomic mass is 9.95. The molecule has 36 heavy (non-hydrogen) atoms. The third-order valence-corrected chi connectivity index (χ3v) is 8.47. The van der Waals surface area contributed by atoms with Gasteiger partial charge in [0.2, 0.25) is 10.0 Å². The number of methoxy groups -OCH3 is 1. The van der Waals surface area contributed by atoms with Crippen molar-refractivity contribution in [3.05, 3.63) is 65.2 Å². The molecule has 0 bridgehead atoms. The molecule has 0 spiro atoms. The van der Waals surface area contributed by atoms with Crippen molar-refractivity contribution in [2.24, 2.45) is 0 Å². The second-order valence-electron chi connectivity index (χ2n) is 8.92. The molecule has 0 saturated carbocycles. The van der Waals surface area contributed by atoms with Crippen LogP contribution in [-0.2, 0) is 24.3 Å². The monoisotopic (exact) mass is 514 g/mol. The number of hydrogen-bond acceptors (Lipinski definition) is 7. The quantitative estimate of drug-likeness (QED) is 0.240.